The van der Waals surface area contributed by atoms with Crippen LogP contribution in [-0.4, -0.2) is 20.9 Å². The Hall–Kier alpha value is -3.67. The van der Waals surface area contributed by atoms with Crippen molar-refractivity contribution in [3.8, 4) is 11.4 Å². The average molecular weight is 329 g/mol. The summed E-state index contributed by atoms with van der Waals surface area (Å²) in [5.41, 5.74) is 10.2. The maximum absolute atomic E-state index is 12.2. The standard InChI is InChI=1S/C19H15N5O/c20-14-5-3-12(4-6-14)18-23-16-8-7-15(10-17(16)24-18)22-19(25)13-2-1-9-21-11-13/h1-11H,20H2,(H,22,25)(H,23,24). The number of hydrogen-bond donors (Lipinski definition) is 3. The van der Waals surface area contributed by atoms with Crippen molar-refractivity contribution in [1.29, 1.82) is 0 Å². The smallest absolute Gasteiger partial charge is 0.257 e. The van der Waals surface area contributed by atoms with Crippen LogP contribution in [0.15, 0.2) is 67.0 Å². The monoisotopic (exact) mass is 329 g/mol. The highest BCUT2D eigenvalue weighted by molar-refractivity contribution is 6.04. The number of carbonyl (C=O) groups is 1. The third-order valence-corrected chi connectivity index (χ3v) is 3.85. The van der Waals surface area contributed by atoms with Crippen LogP contribution in [0.1, 0.15) is 10.4 Å². The highest BCUT2D eigenvalue weighted by atomic mass is 16.1. The van der Waals surface area contributed by atoms with Crippen molar-refractivity contribution in [3.63, 3.8) is 0 Å². The predicted molar refractivity (Wildman–Crippen MR) is 98.1 cm³/mol. The van der Waals surface area contributed by atoms with Crippen LogP contribution in [0.25, 0.3) is 22.4 Å². The Labute approximate surface area is 143 Å². The Balaban J connectivity index is 1.62. The Morgan fingerprint density at radius 3 is 2.68 bits per heavy atom. The van der Waals surface area contributed by atoms with Crippen molar-refractivity contribution in [3.05, 3.63) is 72.6 Å². The molecule has 0 saturated heterocycles. The molecular weight excluding hydrogens is 314 g/mol. The molecule has 4 N–H and O–H groups in total. The number of nitrogens with zero attached hydrogens (tertiary/aromatic N) is 2. The van der Waals surface area contributed by atoms with Gasteiger partial charge in [0.1, 0.15) is 5.82 Å². The highest BCUT2D eigenvalue weighted by Crippen LogP contribution is 2.23. The zero-order valence-corrected chi connectivity index (χ0v) is 13.2. The topological polar surface area (TPSA) is 96.7 Å². The minimum Gasteiger partial charge on any atom is -0.399 e. The minimum absolute atomic E-state index is 0.203. The van der Waals surface area contributed by atoms with Crippen LogP contribution in [0.3, 0.4) is 0 Å². The number of nitrogens with one attached hydrogen (secondary N) is 2. The third-order valence-electron chi connectivity index (χ3n) is 3.85. The number of aromatic nitrogens is 3. The summed E-state index contributed by atoms with van der Waals surface area (Å²) >= 11 is 0. The fourth-order valence-corrected chi connectivity index (χ4v) is 2.57. The average Bonchev–Trinajstić information content (AvgIpc) is 3.06. The molecule has 0 radical (unpaired) electrons. The van der Waals surface area contributed by atoms with E-state index in [1.807, 2.05) is 42.5 Å². The molecule has 6 nitrogen and oxygen atoms in total. The summed E-state index contributed by atoms with van der Waals surface area (Å²) in [6, 6.07) is 16.5. The Kier molecular flexibility index (Phi) is 3.63. The Morgan fingerprint density at radius 2 is 1.92 bits per heavy atom. The first-order valence-corrected chi connectivity index (χ1v) is 7.76. The van der Waals surface area contributed by atoms with E-state index in [0.29, 0.717) is 16.9 Å². The van der Waals surface area contributed by atoms with Crippen molar-refractivity contribution >= 4 is 28.3 Å². The highest BCUT2D eigenvalue weighted by Gasteiger charge is 2.09. The van der Waals surface area contributed by atoms with E-state index in [4.69, 9.17) is 5.73 Å². The van der Waals surface area contributed by atoms with Crippen molar-refractivity contribution in [1.82, 2.24) is 15.0 Å². The molecule has 0 aliphatic heterocycles. The van der Waals surface area contributed by atoms with E-state index in [9.17, 15) is 4.79 Å². The van der Waals surface area contributed by atoms with Gasteiger partial charge in [-0.15, -0.1) is 0 Å². The number of aromatic amines is 1. The zero-order valence-electron chi connectivity index (χ0n) is 13.2. The van der Waals surface area contributed by atoms with Crippen molar-refractivity contribution < 1.29 is 4.79 Å². The van der Waals surface area contributed by atoms with Crippen LogP contribution >= 0.6 is 0 Å². The number of nitrogens with two attached hydrogens (primary N) is 1. The summed E-state index contributed by atoms with van der Waals surface area (Å²) in [6.45, 7) is 0. The quantitative estimate of drug-likeness (QED) is 0.501. The van der Waals surface area contributed by atoms with Crippen molar-refractivity contribution in [2.45, 2.75) is 0 Å². The molecule has 0 aliphatic rings. The van der Waals surface area contributed by atoms with Gasteiger partial charge >= 0.3 is 0 Å². The van der Waals surface area contributed by atoms with E-state index >= 15 is 0 Å². The summed E-state index contributed by atoms with van der Waals surface area (Å²) in [5, 5.41) is 2.86. The number of anilines is 2. The second-order valence-corrected chi connectivity index (χ2v) is 5.64. The van der Waals surface area contributed by atoms with E-state index in [-0.39, 0.29) is 5.91 Å². The van der Waals surface area contributed by atoms with Gasteiger partial charge in [-0.2, -0.15) is 0 Å². The lowest BCUT2D eigenvalue weighted by Gasteiger charge is -2.04. The van der Waals surface area contributed by atoms with Gasteiger partial charge in [0.15, 0.2) is 0 Å². The molecule has 4 aromatic rings. The van der Waals surface area contributed by atoms with E-state index in [0.717, 1.165) is 22.4 Å². The number of rotatable bonds is 3. The van der Waals surface area contributed by atoms with E-state index in [1.165, 1.54) is 6.20 Å². The molecule has 2 aromatic heterocycles. The Morgan fingerprint density at radius 1 is 1.08 bits per heavy atom. The number of amides is 1. The first kappa shape index (κ1) is 14.9. The number of pyridine rings is 1. The summed E-state index contributed by atoms with van der Waals surface area (Å²) in [7, 11) is 0. The van der Waals surface area contributed by atoms with E-state index < -0.39 is 0 Å². The molecule has 0 atom stereocenters. The predicted octanol–water partition coefficient (Wildman–Crippen LogP) is 3.46. The maximum Gasteiger partial charge on any atom is 0.257 e. The number of fused-ring (bicyclic) bond motifs is 1. The molecule has 25 heavy (non-hydrogen) atoms. The number of hydrogen-bond acceptors (Lipinski definition) is 4. The molecule has 6 heteroatoms. The first-order chi connectivity index (χ1) is 12.2. The SMILES string of the molecule is Nc1ccc(-c2nc3ccc(NC(=O)c4cccnc4)cc3[nH]2)cc1. The largest absolute Gasteiger partial charge is 0.399 e. The zero-order chi connectivity index (χ0) is 17.2. The molecule has 0 saturated carbocycles. The van der Waals surface area contributed by atoms with Gasteiger partial charge in [-0.25, -0.2) is 4.98 Å². The Bertz CT molecular complexity index is 1040. The van der Waals surface area contributed by atoms with Crippen LogP contribution in [-0.2, 0) is 0 Å². The van der Waals surface area contributed by atoms with Gasteiger partial charge in [0.2, 0.25) is 0 Å². The number of carbonyl (C=O) groups excluding carboxylic acids is 1. The van der Waals surface area contributed by atoms with Gasteiger partial charge in [-0.1, -0.05) is 0 Å². The number of nitrogen functional groups attached to an aromatic ring is 1. The fraction of sp³-hybridized carbons (Fsp3) is 0. The minimum atomic E-state index is -0.203. The summed E-state index contributed by atoms with van der Waals surface area (Å²) < 4.78 is 0. The summed E-state index contributed by atoms with van der Waals surface area (Å²) in [5.74, 6) is 0.552. The van der Waals surface area contributed by atoms with Gasteiger partial charge < -0.3 is 16.0 Å². The van der Waals surface area contributed by atoms with Gasteiger partial charge in [0, 0.05) is 29.3 Å². The molecule has 0 bridgehead atoms. The van der Waals surface area contributed by atoms with Crippen molar-refractivity contribution in [2.24, 2.45) is 0 Å². The molecule has 0 aliphatic carbocycles. The van der Waals surface area contributed by atoms with Crippen LogP contribution in [0.2, 0.25) is 0 Å². The van der Waals surface area contributed by atoms with Crippen LogP contribution in [0.5, 0.6) is 0 Å². The molecule has 1 amide bonds. The second-order valence-electron chi connectivity index (χ2n) is 5.64. The van der Waals surface area contributed by atoms with E-state index in [2.05, 4.69) is 20.3 Å². The van der Waals surface area contributed by atoms with Gasteiger partial charge in [0.05, 0.1) is 16.6 Å². The molecule has 4 rings (SSSR count). The van der Waals surface area contributed by atoms with Gasteiger partial charge in [0.25, 0.3) is 5.91 Å². The molecule has 2 heterocycles. The molecule has 0 spiro atoms. The van der Waals surface area contributed by atoms with Crippen molar-refractivity contribution in [2.75, 3.05) is 11.1 Å². The lowest BCUT2D eigenvalue weighted by atomic mass is 10.2. The number of H-pyrrole nitrogens is 1. The molecule has 122 valence electrons. The molecular formula is C19H15N5O. The van der Waals surface area contributed by atoms with Crippen LogP contribution in [0, 0.1) is 0 Å². The molecule has 0 fully saturated rings. The summed E-state index contributed by atoms with van der Waals surface area (Å²) in [6.07, 6.45) is 3.16. The number of imidazole rings is 1. The van der Waals surface area contributed by atoms with Crippen LogP contribution in [0.4, 0.5) is 11.4 Å². The molecule has 2 aromatic carbocycles. The van der Waals surface area contributed by atoms with Gasteiger partial charge in [-0.3, -0.25) is 9.78 Å². The normalized spacial score (nSPS) is 10.7. The lowest BCUT2D eigenvalue weighted by molar-refractivity contribution is 0.102. The van der Waals surface area contributed by atoms with Gasteiger partial charge in [-0.05, 0) is 54.6 Å². The fourth-order valence-electron chi connectivity index (χ4n) is 2.57. The third kappa shape index (κ3) is 3.05. The first-order valence-electron chi connectivity index (χ1n) is 7.76. The van der Waals surface area contributed by atoms with Crippen LogP contribution < -0.4 is 11.1 Å². The summed E-state index contributed by atoms with van der Waals surface area (Å²) in [4.78, 5) is 24.0. The van der Waals surface area contributed by atoms with E-state index in [1.54, 1.807) is 18.3 Å². The second kappa shape index (κ2) is 6.09. The lowest BCUT2D eigenvalue weighted by Crippen LogP contribution is -2.11. The number of benzene rings is 2. The maximum atomic E-state index is 12.2. The molecule has 0 unspecified atom stereocenters.